The highest BCUT2D eigenvalue weighted by molar-refractivity contribution is 6.01. The summed E-state index contributed by atoms with van der Waals surface area (Å²) in [7, 11) is 0. The molecule has 0 atom stereocenters. The highest BCUT2D eigenvalue weighted by atomic mass is 16.1. The molecular formula is C20H18N4O. The van der Waals surface area contributed by atoms with Gasteiger partial charge in [-0.25, -0.2) is 0 Å². The van der Waals surface area contributed by atoms with Crippen LogP contribution < -0.4 is 5.32 Å². The minimum Gasteiger partial charge on any atom is -0.325 e. The Hall–Kier alpha value is -3.21. The van der Waals surface area contributed by atoms with Crippen LogP contribution in [0.2, 0.25) is 0 Å². The van der Waals surface area contributed by atoms with Crippen LogP contribution in [0.5, 0.6) is 0 Å². The van der Waals surface area contributed by atoms with Crippen LogP contribution in [0.1, 0.15) is 12.0 Å². The lowest BCUT2D eigenvalue weighted by atomic mass is 10.1. The van der Waals surface area contributed by atoms with Gasteiger partial charge in [-0.05, 0) is 36.8 Å². The minimum absolute atomic E-state index is 0.0337. The smallest absolute Gasteiger partial charge is 0.226 e. The van der Waals surface area contributed by atoms with Gasteiger partial charge < -0.3 is 5.32 Å². The molecule has 0 saturated carbocycles. The second kappa shape index (κ2) is 6.36. The standard InChI is InChI=1S/C20H18N4O/c1-14-8-9-17(16-6-4-11-21-20(14)16)23-19(25)10-12-24-18-7-3-2-5-15(18)13-22-24/h2-9,11,13H,10,12H2,1H3,(H,23,25). The van der Waals surface area contributed by atoms with Crippen LogP contribution in [0.15, 0.2) is 60.9 Å². The van der Waals surface area contributed by atoms with Gasteiger partial charge in [0, 0.05) is 23.4 Å². The molecule has 0 bridgehead atoms. The normalized spacial score (nSPS) is 11.1. The Morgan fingerprint density at radius 1 is 1.12 bits per heavy atom. The monoisotopic (exact) mass is 330 g/mol. The van der Waals surface area contributed by atoms with Crippen molar-refractivity contribution in [1.82, 2.24) is 14.8 Å². The van der Waals surface area contributed by atoms with E-state index in [4.69, 9.17) is 0 Å². The largest absolute Gasteiger partial charge is 0.325 e. The molecule has 124 valence electrons. The van der Waals surface area contributed by atoms with E-state index >= 15 is 0 Å². The number of carbonyl (C=O) groups is 1. The zero-order valence-corrected chi connectivity index (χ0v) is 13.9. The van der Waals surface area contributed by atoms with Gasteiger partial charge >= 0.3 is 0 Å². The summed E-state index contributed by atoms with van der Waals surface area (Å²) in [6.07, 6.45) is 3.96. The van der Waals surface area contributed by atoms with Crippen molar-refractivity contribution in [2.75, 3.05) is 5.32 Å². The number of fused-ring (bicyclic) bond motifs is 2. The first-order chi connectivity index (χ1) is 12.2. The second-order valence-electron chi connectivity index (χ2n) is 6.05. The first kappa shape index (κ1) is 15.3. The molecule has 0 aliphatic carbocycles. The Balaban J connectivity index is 1.50. The van der Waals surface area contributed by atoms with Crippen LogP contribution in [-0.2, 0) is 11.3 Å². The van der Waals surface area contributed by atoms with Crippen molar-refractivity contribution in [3.8, 4) is 0 Å². The van der Waals surface area contributed by atoms with E-state index in [0.29, 0.717) is 13.0 Å². The maximum absolute atomic E-state index is 12.4. The van der Waals surface area contributed by atoms with Crippen molar-refractivity contribution in [2.45, 2.75) is 19.9 Å². The molecule has 2 heterocycles. The number of carbonyl (C=O) groups excluding carboxylic acids is 1. The number of para-hydroxylation sites is 1. The maximum Gasteiger partial charge on any atom is 0.226 e. The van der Waals surface area contributed by atoms with E-state index in [9.17, 15) is 4.79 Å². The number of amides is 1. The summed E-state index contributed by atoms with van der Waals surface area (Å²) in [5.41, 5.74) is 3.85. The molecule has 0 fully saturated rings. The molecule has 5 heteroatoms. The molecule has 0 aliphatic heterocycles. The van der Waals surface area contributed by atoms with Gasteiger partial charge in [0.25, 0.3) is 0 Å². The van der Waals surface area contributed by atoms with Gasteiger partial charge in [0.15, 0.2) is 0 Å². The highest BCUT2D eigenvalue weighted by Gasteiger charge is 2.09. The lowest BCUT2D eigenvalue weighted by Crippen LogP contribution is -2.15. The van der Waals surface area contributed by atoms with E-state index in [1.165, 1.54) is 0 Å². The predicted octanol–water partition coefficient (Wildman–Crippen LogP) is 3.92. The summed E-state index contributed by atoms with van der Waals surface area (Å²) >= 11 is 0. The van der Waals surface area contributed by atoms with E-state index in [1.54, 1.807) is 6.20 Å². The molecule has 2 aromatic carbocycles. The summed E-state index contributed by atoms with van der Waals surface area (Å²) in [5.74, 6) is -0.0337. The first-order valence-corrected chi connectivity index (χ1v) is 8.27. The Kier molecular flexibility index (Phi) is 3.90. The zero-order valence-electron chi connectivity index (χ0n) is 13.9. The third kappa shape index (κ3) is 2.96. The Morgan fingerprint density at radius 2 is 2.00 bits per heavy atom. The van der Waals surface area contributed by atoms with Crippen LogP contribution in [0.3, 0.4) is 0 Å². The summed E-state index contributed by atoms with van der Waals surface area (Å²) in [6.45, 7) is 2.56. The lowest BCUT2D eigenvalue weighted by Gasteiger charge is -2.10. The van der Waals surface area contributed by atoms with Gasteiger partial charge in [-0.1, -0.05) is 24.3 Å². The molecular weight excluding hydrogens is 312 g/mol. The summed E-state index contributed by atoms with van der Waals surface area (Å²) in [5, 5.41) is 9.41. The van der Waals surface area contributed by atoms with Crippen LogP contribution in [-0.4, -0.2) is 20.7 Å². The van der Waals surface area contributed by atoms with Crippen LogP contribution >= 0.6 is 0 Å². The molecule has 4 rings (SSSR count). The molecule has 5 nitrogen and oxygen atoms in total. The van der Waals surface area contributed by atoms with Crippen molar-refractivity contribution in [1.29, 1.82) is 0 Å². The number of nitrogens with one attached hydrogen (secondary N) is 1. The molecule has 0 saturated heterocycles. The van der Waals surface area contributed by atoms with E-state index in [2.05, 4.69) is 15.4 Å². The van der Waals surface area contributed by atoms with Gasteiger partial charge in [-0.3, -0.25) is 14.5 Å². The van der Waals surface area contributed by atoms with Gasteiger partial charge in [0.05, 0.1) is 29.5 Å². The fourth-order valence-corrected chi connectivity index (χ4v) is 3.05. The van der Waals surface area contributed by atoms with Crippen molar-refractivity contribution in [3.63, 3.8) is 0 Å². The number of nitrogens with zero attached hydrogens (tertiary/aromatic N) is 3. The number of aryl methyl sites for hydroxylation is 2. The molecule has 4 aromatic rings. The average Bonchev–Trinajstić information content (AvgIpc) is 3.06. The molecule has 1 amide bonds. The topological polar surface area (TPSA) is 59.8 Å². The molecule has 1 N–H and O–H groups in total. The zero-order chi connectivity index (χ0) is 17.2. The molecule has 25 heavy (non-hydrogen) atoms. The molecule has 0 spiro atoms. The number of hydrogen-bond donors (Lipinski definition) is 1. The van der Waals surface area contributed by atoms with E-state index in [1.807, 2.05) is 66.3 Å². The second-order valence-corrected chi connectivity index (χ2v) is 6.05. The van der Waals surface area contributed by atoms with Crippen molar-refractivity contribution in [3.05, 3.63) is 66.5 Å². The quantitative estimate of drug-likeness (QED) is 0.617. The van der Waals surface area contributed by atoms with Crippen molar-refractivity contribution < 1.29 is 4.79 Å². The first-order valence-electron chi connectivity index (χ1n) is 8.27. The van der Waals surface area contributed by atoms with Crippen molar-refractivity contribution in [2.24, 2.45) is 0 Å². The van der Waals surface area contributed by atoms with E-state index in [0.717, 1.165) is 33.1 Å². The van der Waals surface area contributed by atoms with E-state index in [-0.39, 0.29) is 5.91 Å². The third-order valence-corrected chi connectivity index (χ3v) is 4.35. The fraction of sp³-hybridized carbons (Fsp3) is 0.150. The summed E-state index contributed by atoms with van der Waals surface area (Å²) in [6, 6.07) is 15.8. The van der Waals surface area contributed by atoms with Crippen LogP contribution in [0.4, 0.5) is 5.69 Å². The van der Waals surface area contributed by atoms with E-state index < -0.39 is 0 Å². The number of anilines is 1. The summed E-state index contributed by atoms with van der Waals surface area (Å²) < 4.78 is 1.86. The van der Waals surface area contributed by atoms with Crippen molar-refractivity contribution >= 4 is 33.4 Å². The molecule has 2 aromatic heterocycles. The van der Waals surface area contributed by atoms with Gasteiger partial charge in [0.2, 0.25) is 5.91 Å². The average molecular weight is 330 g/mol. The minimum atomic E-state index is -0.0337. The summed E-state index contributed by atoms with van der Waals surface area (Å²) in [4.78, 5) is 16.8. The molecule has 0 radical (unpaired) electrons. The van der Waals surface area contributed by atoms with Crippen LogP contribution in [0, 0.1) is 6.92 Å². The Bertz CT molecular complexity index is 1070. The molecule has 0 aliphatic rings. The van der Waals surface area contributed by atoms with Gasteiger partial charge in [-0.15, -0.1) is 0 Å². The predicted molar refractivity (Wildman–Crippen MR) is 99.5 cm³/mol. The number of hydrogen-bond acceptors (Lipinski definition) is 3. The Morgan fingerprint density at radius 3 is 2.92 bits per heavy atom. The highest BCUT2D eigenvalue weighted by Crippen LogP contribution is 2.24. The fourth-order valence-electron chi connectivity index (χ4n) is 3.05. The number of aromatic nitrogens is 3. The SMILES string of the molecule is Cc1ccc(NC(=O)CCn2ncc3ccccc32)c2cccnc12. The number of benzene rings is 2. The molecule has 0 unspecified atom stereocenters. The number of rotatable bonds is 4. The maximum atomic E-state index is 12.4. The van der Waals surface area contributed by atoms with Gasteiger partial charge in [0.1, 0.15) is 0 Å². The number of pyridine rings is 1. The van der Waals surface area contributed by atoms with Gasteiger partial charge in [-0.2, -0.15) is 5.10 Å². The van der Waals surface area contributed by atoms with Crippen LogP contribution in [0.25, 0.3) is 21.8 Å². The lowest BCUT2D eigenvalue weighted by molar-refractivity contribution is -0.116. The Labute approximate surface area is 145 Å². The third-order valence-electron chi connectivity index (χ3n) is 4.35.